The van der Waals surface area contributed by atoms with Crippen molar-refractivity contribution < 1.29 is 14.3 Å². The fourth-order valence-corrected chi connectivity index (χ4v) is 3.83. The normalized spacial score (nSPS) is 15.7. The van der Waals surface area contributed by atoms with Crippen molar-refractivity contribution in [1.29, 1.82) is 0 Å². The molecule has 0 spiro atoms. The highest BCUT2D eigenvalue weighted by molar-refractivity contribution is 8.18. The average Bonchev–Trinajstić information content (AvgIpc) is 2.96. The van der Waals surface area contributed by atoms with E-state index in [0.29, 0.717) is 4.91 Å². The number of rotatable bonds is 5. The van der Waals surface area contributed by atoms with Gasteiger partial charge in [-0.3, -0.25) is 14.5 Å². The largest absolute Gasteiger partial charge is 0.491 e. The van der Waals surface area contributed by atoms with E-state index in [4.69, 9.17) is 4.74 Å². The van der Waals surface area contributed by atoms with Gasteiger partial charge in [0.1, 0.15) is 12.4 Å². The van der Waals surface area contributed by atoms with E-state index in [9.17, 15) is 9.59 Å². The molecule has 5 heteroatoms. The van der Waals surface area contributed by atoms with Crippen molar-refractivity contribution in [2.45, 2.75) is 0 Å². The van der Waals surface area contributed by atoms with E-state index in [-0.39, 0.29) is 24.3 Å². The van der Waals surface area contributed by atoms with Gasteiger partial charge < -0.3 is 4.74 Å². The number of thioether (sulfide) groups is 1. The zero-order valence-electron chi connectivity index (χ0n) is 14.5. The van der Waals surface area contributed by atoms with E-state index >= 15 is 0 Å². The lowest BCUT2D eigenvalue weighted by atomic mass is 10.1. The second-order valence-electron chi connectivity index (χ2n) is 6.07. The summed E-state index contributed by atoms with van der Waals surface area (Å²) in [6, 6.07) is 23.3. The molecule has 0 aromatic heterocycles. The summed E-state index contributed by atoms with van der Waals surface area (Å²) in [5.74, 6) is 0.482. The van der Waals surface area contributed by atoms with Crippen LogP contribution >= 0.6 is 11.8 Å². The molecule has 1 heterocycles. The SMILES string of the molecule is O=C1S/C(=C\c2ccccc2)C(=O)N1CCOc1cccc2ccccc12. The zero-order chi connectivity index (χ0) is 18.6. The van der Waals surface area contributed by atoms with Gasteiger partial charge in [-0.15, -0.1) is 0 Å². The third-order valence-electron chi connectivity index (χ3n) is 4.29. The Bertz CT molecular complexity index is 1020. The number of carbonyl (C=O) groups is 2. The summed E-state index contributed by atoms with van der Waals surface area (Å²) in [5.41, 5.74) is 0.898. The maximum atomic E-state index is 12.5. The first-order valence-electron chi connectivity index (χ1n) is 8.63. The van der Waals surface area contributed by atoms with Crippen molar-refractivity contribution in [2.24, 2.45) is 0 Å². The van der Waals surface area contributed by atoms with E-state index in [1.165, 1.54) is 4.90 Å². The number of fused-ring (bicyclic) bond motifs is 1. The first-order valence-corrected chi connectivity index (χ1v) is 9.45. The van der Waals surface area contributed by atoms with Crippen LogP contribution in [0.4, 0.5) is 4.79 Å². The standard InChI is InChI=1S/C22H17NO3S/c24-21-20(15-16-7-2-1-3-8-16)27-22(25)23(21)13-14-26-19-12-6-10-17-9-4-5-11-18(17)19/h1-12,15H,13-14H2/b20-15-. The molecule has 0 saturated carbocycles. The molecular formula is C22H17NO3S. The van der Waals surface area contributed by atoms with Gasteiger partial charge in [0.2, 0.25) is 0 Å². The molecular weight excluding hydrogens is 358 g/mol. The molecule has 1 saturated heterocycles. The first kappa shape index (κ1) is 17.4. The minimum absolute atomic E-state index is 0.222. The molecule has 4 nitrogen and oxygen atoms in total. The minimum Gasteiger partial charge on any atom is -0.491 e. The second-order valence-corrected chi connectivity index (χ2v) is 7.06. The topological polar surface area (TPSA) is 46.6 Å². The van der Waals surface area contributed by atoms with Gasteiger partial charge in [-0.2, -0.15) is 0 Å². The Morgan fingerprint density at radius 1 is 0.889 bits per heavy atom. The number of hydrogen-bond donors (Lipinski definition) is 0. The summed E-state index contributed by atoms with van der Waals surface area (Å²) >= 11 is 0.968. The van der Waals surface area contributed by atoms with Crippen LogP contribution in [0.1, 0.15) is 5.56 Å². The number of benzene rings is 3. The van der Waals surface area contributed by atoms with Gasteiger partial charge in [-0.1, -0.05) is 66.7 Å². The van der Waals surface area contributed by atoms with Crippen molar-refractivity contribution in [3.63, 3.8) is 0 Å². The molecule has 0 atom stereocenters. The van der Waals surface area contributed by atoms with E-state index in [1.807, 2.05) is 72.8 Å². The first-order chi connectivity index (χ1) is 13.2. The van der Waals surface area contributed by atoms with E-state index < -0.39 is 0 Å². The monoisotopic (exact) mass is 375 g/mol. The molecule has 1 aliphatic heterocycles. The molecule has 134 valence electrons. The van der Waals surface area contributed by atoms with Gasteiger partial charge in [0, 0.05) is 5.39 Å². The van der Waals surface area contributed by atoms with Crippen LogP contribution in [0.25, 0.3) is 16.8 Å². The summed E-state index contributed by atoms with van der Waals surface area (Å²) in [7, 11) is 0. The summed E-state index contributed by atoms with van der Waals surface area (Å²) in [6.07, 6.45) is 1.75. The van der Waals surface area contributed by atoms with Gasteiger partial charge >= 0.3 is 0 Å². The van der Waals surface area contributed by atoms with Crippen LogP contribution < -0.4 is 4.74 Å². The maximum absolute atomic E-state index is 12.5. The number of amides is 2. The maximum Gasteiger partial charge on any atom is 0.293 e. The lowest BCUT2D eigenvalue weighted by Gasteiger charge is -2.14. The summed E-state index contributed by atoms with van der Waals surface area (Å²) < 4.78 is 5.86. The average molecular weight is 375 g/mol. The third kappa shape index (κ3) is 3.73. The molecule has 0 N–H and O–H groups in total. The summed E-state index contributed by atoms with van der Waals surface area (Å²) in [5, 5.41) is 1.84. The molecule has 27 heavy (non-hydrogen) atoms. The van der Waals surface area contributed by atoms with Crippen molar-refractivity contribution in [1.82, 2.24) is 4.90 Å². The quantitative estimate of drug-likeness (QED) is 0.592. The van der Waals surface area contributed by atoms with Gasteiger partial charge in [0.25, 0.3) is 11.1 Å². The predicted octanol–water partition coefficient (Wildman–Crippen LogP) is 4.96. The highest BCUT2D eigenvalue weighted by atomic mass is 32.2. The number of imide groups is 1. The molecule has 1 aliphatic rings. The van der Waals surface area contributed by atoms with Gasteiger partial charge in [-0.25, -0.2) is 0 Å². The summed E-state index contributed by atoms with van der Waals surface area (Å²) in [4.78, 5) is 26.4. The van der Waals surface area contributed by atoms with Crippen LogP contribution in [0.15, 0.2) is 77.7 Å². The number of hydrogen-bond acceptors (Lipinski definition) is 4. The number of carbonyl (C=O) groups excluding carboxylic acids is 2. The third-order valence-corrected chi connectivity index (χ3v) is 5.20. The lowest BCUT2D eigenvalue weighted by molar-refractivity contribution is -0.123. The van der Waals surface area contributed by atoms with Crippen LogP contribution in [0.5, 0.6) is 5.75 Å². The van der Waals surface area contributed by atoms with Gasteiger partial charge in [0.15, 0.2) is 0 Å². The Balaban J connectivity index is 1.43. The Kier molecular flexibility index (Phi) is 4.94. The van der Waals surface area contributed by atoms with Crippen LogP contribution in [0, 0.1) is 0 Å². The molecule has 0 aliphatic carbocycles. The van der Waals surface area contributed by atoms with Crippen molar-refractivity contribution in [3.8, 4) is 5.75 Å². The van der Waals surface area contributed by atoms with Crippen molar-refractivity contribution >= 4 is 39.8 Å². The predicted molar refractivity (Wildman–Crippen MR) is 109 cm³/mol. The van der Waals surface area contributed by atoms with Crippen LogP contribution in [0.3, 0.4) is 0 Å². The molecule has 0 unspecified atom stereocenters. The highest BCUT2D eigenvalue weighted by Crippen LogP contribution is 2.32. The Morgan fingerprint density at radius 2 is 1.63 bits per heavy atom. The van der Waals surface area contributed by atoms with Gasteiger partial charge in [0.05, 0.1) is 11.4 Å². The van der Waals surface area contributed by atoms with E-state index in [2.05, 4.69) is 0 Å². The Morgan fingerprint density at radius 3 is 2.48 bits per heavy atom. The lowest BCUT2D eigenvalue weighted by Crippen LogP contribution is -2.32. The smallest absolute Gasteiger partial charge is 0.293 e. The van der Waals surface area contributed by atoms with E-state index in [1.54, 1.807) is 6.08 Å². The second kappa shape index (κ2) is 7.68. The highest BCUT2D eigenvalue weighted by Gasteiger charge is 2.34. The molecule has 2 amide bonds. The van der Waals surface area contributed by atoms with Crippen LogP contribution in [-0.2, 0) is 4.79 Å². The molecule has 4 rings (SSSR count). The Labute approximate surface area is 161 Å². The van der Waals surface area contributed by atoms with Gasteiger partial charge in [-0.05, 0) is 34.9 Å². The number of nitrogens with zero attached hydrogens (tertiary/aromatic N) is 1. The number of ether oxygens (including phenoxy) is 1. The molecule has 3 aromatic carbocycles. The van der Waals surface area contributed by atoms with Crippen molar-refractivity contribution in [3.05, 3.63) is 83.3 Å². The van der Waals surface area contributed by atoms with Crippen LogP contribution in [-0.4, -0.2) is 29.2 Å². The van der Waals surface area contributed by atoms with Crippen molar-refractivity contribution in [2.75, 3.05) is 13.2 Å². The summed E-state index contributed by atoms with van der Waals surface area (Å²) in [6.45, 7) is 0.477. The minimum atomic E-state index is -0.268. The molecule has 1 fully saturated rings. The fourth-order valence-electron chi connectivity index (χ4n) is 2.96. The molecule has 3 aromatic rings. The van der Waals surface area contributed by atoms with E-state index in [0.717, 1.165) is 33.8 Å². The molecule has 0 bridgehead atoms. The Hall–Kier alpha value is -3.05. The zero-order valence-corrected chi connectivity index (χ0v) is 15.3. The van der Waals surface area contributed by atoms with Crippen LogP contribution in [0.2, 0.25) is 0 Å². The molecule has 0 radical (unpaired) electrons. The fraction of sp³-hybridized carbons (Fsp3) is 0.0909.